The molecule has 5 heteroatoms. The van der Waals surface area contributed by atoms with Gasteiger partial charge in [0.15, 0.2) is 0 Å². The van der Waals surface area contributed by atoms with Gasteiger partial charge in [-0.15, -0.1) is 0 Å². The number of allylic oxidation sites excluding steroid dienone is 2. The molecule has 0 fully saturated rings. The Labute approximate surface area is 376 Å². The molecule has 0 aromatic carbocycles. The standard InChI is InChI=1S/C55H109NO4/c1-3-5-7-9-11-13-15-17-19-20-21-22-23-24-25-26-27-28-29-30-31-32-33-34-35-36-38-40-42-44-46-48-50-54(59)56-52(51-57)55(60)53(58)49-47-45-43-41-39-37-18-16-14-12-10-8-6-4-2/h24-25,52-53,55,57-58,60H,3-23,26-51H2,1-2H3,(H,56,59)/b25-24-. The minimum Gasteiger partial charge on any atom is -0.394 e. The van der Waals surface area contributed by atoms with E-state index >= 15 is 0 Å². The van der Waals surface area contributed by atoms with Gasteiger partial charge in [0.1, 0.15) is 6.10 Å². The average molecular weight is 848 g/mol. The van der Waals surface area contributed by atoms with Crippen LogP contribution in [0, 0.1) is 0 Å². The Kier molecular flexibility index (Phi) is 50.0. The van der Waals surface area contributed by atoms with Gasteiger partial charge in [-0.3, -0.25) is 4.79 Å². The van der Waals surface area contributed by atoms with Crippen molar-refractivity contribution in [1.82, 2.24) is 5.32 Å². The molecule has 0 aliphatic heterocycles. The average Bonchev–Trinajstić information content (AvgIpc) is 3.25. The van der Waals surface area contributed by atoms with Crippen LogP contribution in [-0.4, -0.2) is 46.1 Å². The number of amides is 1. The minimum atomic E-state index is -1.13. The summed E-state index contributed by atoms with van der Waals surface area (Å²) in [5.41, 5.74) is 0. The summed E-state index contributed by atoms with van der Waals surface area (Å²) in [6.07, 6.45) is 62.3. The molecule has 0 radical (unpaired) electrons. The highest BCUT2D eigenvalue weighted by Gasteiger charge is 2.26. The molecule has 60 heavy (non-hydrogen) atoms. The van der Waals surface area contributed by atoms with Crippen LogP contribution in [-0.2, 0) is 4.79 Å². The van der Waals surface area contributed by atoms with Gasteiger partial charge < -0.3 is 20.6 Å². The lowest BCUT2D eigenvalue weighted by Gasteiger charge is -2.26. The first kappa shape index (κ1) is 59.1. The molecule has 0 spiro atoms. The van der Waals surface area contributed by atoms with Gasteiger partial charge in [0.25, 0.3) is 0 Å². The molecule has 0 saturated carbocycles. The Morgan fingerprint density at radius 1 is 0.400 bits per heavy atom. The van der Waals surface area contributed by atoms with Crippen molar-refractivity contribution < 1.29 is 20.1 Å². The third kappa shape index (κ3) is 45.1. The number of hydrogen-bond donors (Lipinski definition) is 4. The van der Waals surface area contributed by atoms with Crippen LogP contribution in [0.3, 0.4) is 0 Å². The second-order valence-electron chi connectivity index (χ2n) is 19.1. The van der Waals surface area contributed by atoms with Crippen LogP contribution in [0.1, 0.15) is 309 Å². The smallest absolute Gasteiger partial charge is 0.220 e. The van der Waals surface area contributed by atoms with Crippen molar-refractivity contribution in [3.63, 3.8) is 0 Å². The van der Waals surface area contributed by atoms with Gasteiger partial charge in [-0.05, 0) is 38.5 Å². The Balaban J connectivity index is 3.47. The second kappa shape index (κ2) is 50.7. The maximum absolute atomic E-state index is 12.5. The maximum atomic E-state index is 12.5. The highest BCUT2D eigenvalue weighted by Crippen LogP contribution is 2.18. The van der Waals surface area contributed by atoms with Crippen LogP contribution in [0.2, 0.25) is 0 Å². The zero-order chi connectivity index (χ0) is 43.7. The van der Waals surface area contributed by atoms with Crippen molar-refractivity contribution in [1.29, 1.82) is 0 Å². The minimum absolute atomic E-state index is 0.139. The zero-order valence-corrected chi connectivity index (χ0v) is 40.9. The summed E-state index contributed by atoms with van der Waals surface area (Å²) in [6.45, 7) is 4.21. The molecule has 0 rings (SSSR count). The summed E-state index contributed by atoms with van der Waals surface area (Å²) in [6, 6.07) is -0.805. The molecule has 0 aromatic rings. The number of unbranched alkanes of at least 4 members (excludes halogenated alkanes) is 41. The third-order valence-electron chi connectivity index (χ3n) is 13.1. The van der Waals surface area contributed by atoms with Crippen LogP contribution < -0.4 is 5.32 Å². The Bertz CT molecular complexity index is 848. The highest BCUT2D eigenvalue weighted by atomic mass is 16.3. The SMILES string of the molecule is CCCCCCCCCCCCCC/C=C\CCCCCCCCCCCCCCCCCCC(=O)NC(CO)C(O)C(O)CCCCCCCCCCCCCCCC. The fourth-order valence-corrected chi connectivity index (χ4v) is 8.87. The van der Waals surface area contributed by atoms with Crippen molar-refractivity contribution in [2.75, 3.05) is 6.61 Å². The van der Waals surface area contributed by atoms with E-state index in [2.05, 4.69) is 31.3 Å². The number of hydrogen-bond acceptors (Lipinski definition) is 4. The molecule has 1 amide bonds. The first-order valence-corrected chi connectivity index (χ1v) is 27.5. The number of aliphatic hydroxyl groups is 3. The van der Waals surface area contributed by atoms with Gasteiger partial charge in [0.05, 0.1) is 18.8 Å². The van der Waals surface area contributed by atoms with Crippen LogP contribution in [0.25, 0.3) is 0 Å². The number of aliphatic hydroxyl groups excluding tert-OH is 3. The lowest BCUT2D eigenvalue weighted by atomic mass is 9.99. The Morgan fingerprint density at radius 2 is 0.667 bits per heavy atom. The molecule has 0 heterocycles. The maximum Gasteiger partial charge on any atom is 0.220 e. The molecule has 0 saturated heterocycles. The van der Waals surface area contributed by atoms with E-state index in [9.17, 15) is 20.1 Å². The molecule has 3 unspecified atom stereocenters. The van der Waals surface area contributed by atoms with Gasteiger partial charge in [-0.25, -0.2) is 0 Å². The van der Waals surface area contributed by atoms with Gasteiger partial charge in [0, 0.05) is 6.42 Å². The van der Waals surface area contributed by atoms with E-state index in [1.807, 2.05) is 0 Å². The van der Waals surface area contributed by atoms with Crippen LogP contribution >= 0.6 is 0 Å². The Morgan fingerprint density at radius 3 is 0.967 bits per heavy atom. The van der Waals surface area contributed by atoms with E-state index in [1.54, 1.807) is 0 Å². The van der Waals surface area contributed by atoms with E-state index in [0.717, 1.165) is 32.1 Å². The normalized spacial score (nSPS) is 13.3. The molecular weight excluding hydrogens is 739 g/mol. The van der Waals surface area contributed by atoms with Gasteiger partial charge in [0.2, 0.25) is 5.91 Å². The van der Waals surface area contributed by atoms with E-state index in [4.69, 9.17) is 0 Å². The van der Waals surface area contributed by atoms with Crippen LogP contribution in [0.4, 0.5) is 0 Å². The molecule has 4 N–H and O–H groups in total. The summed E-state index contributed by atoms with van der Waals surface area (Å²) in [5, 5.41) is 33.7. The number of carbonyl (C=O) groups excluding carboxylic acids is 1. The molecule has 3 atom stereocenters. The van der Waals surface area contributed by atoms with Gasteiger partial charge in [-0.1, -0.05) is 276 Å². The predicted molar refractivity (Wildman–Crippen MR) is 264 cm³/mol. The van der Waals surface area contributed by atoms with Crippen molar-refractivity contribution >= 4 is 5.91 Å². The van der Waals surface area contributed by atoms with Gasteiger partial charge >= 0.3 is 0 Å². The zero-order valence-electron chi connectivity index (χ0n) is 40.9. The second-order valence-corrected chi connectivity index (χ2v) is 19.1. The van der Waals surface area contributed by atoms with E-state index in [0.29, 0.717) is 12.8 Å². The van der Waals surface area contributed by atoms with Crippen molar-refractivity contribution in [2.24, 2.45) is 0 Å². The number of nitrogens with one attached hydrogen (secondary N) is 1. The van der Waals surface area contributed by atoms with E-state index in [1.165, 1.54) is 250 Å². The molecule has 0 bridgehead atoms. The highest BCUT2D eigenvalue weighted by molar-refractivity contribution is 5.76. The molecule has 0 aliphatic rings. The molecule has 5 nitrogen and oxygen atoms in total. The first-order chi connectivity index (χ1) is 29.6. The Hall–Kier alpha value is -0.910. The summed E-state index contributed by atoms with van der Waals surface area (Å²) in [4.78, 5) is 12.5. The predicted octanol–water partition coefficient (Wildman–Crippen LogP) is 16.7. The van der Waals surface area contributed by atoms with Crippen LogP contribution in [0.5, 0.6) is 0 Å². The molecule has 0 aliphatic carbocycles. The summed E-state index contributed by atoms with van der Waals surface area (Å²) < 4.78 is 0. The monoisotopic (exact) mass is 848 g/mol. The molecule has 358 valence electrons. The fraction of sp³-hybridized carbons (Fsp3) is 0.945. The van der Waals surface area contributed by atoms with Crippen molar-refractivity contribution in [3.8, 4) is 0 Å². The van der Waals surface area contributed by atoms with E-state index < -0.39 is 18.2 Å². The van der Waals surface area contributed by atoms with Gasteiger partial charge in [-0.2, -0.15) is 0 Å². The number of rotatable bonds is 51. The van der Waals surface area contributed by atoms with Crippen molar-refractivity contribution in [3.05, 3.63) is 12.2 Å². The summed E-state index contributed by atoms with van der Waals surface area (Å²) >= 11 is 0. The summed E-state index contributed by atoms with van der Waals surface area (Å²) in [7, 11) is 0. The van der Waals surface area contributed by atoms with Crippen LogP contribution in [0.15, 0.2) is 12.2 Å². The largest absolute Gasteiger partial charge is 0.394 e. The lowest BCUT2D eigenvalue weighted by Crippen LogP contribution is -2.50. The number of carbonyl (C=O) groups is 1. The lowest BCUT2D eigenvalue weighted by molar-refractivity contribution is -0.124. The summed E-state index contributed by atoms with van der Waals surface area (Å²) in [5.74, 6) is -0.139. The molecule has 0 aromatic heterocycles. The first-order valence-electron chi connectivity index (χ1n) is 27.5. The van der Waals surface area contributed by atoms with E-state index in [-0.39, 0.29) is 12.5 Å². The van der Waals surface area contributed by atoms with Crippen molar-refractivity contribution in [2.45, 2.75) is 327 Å². The molecular formula is C55H109NO4. The topological polar surface area (TPSA) is 89.8 Å². The fourth-order valence-electron chi connectivity index (χ4n) is 8.87. The third-order valence-corrected chi connectivity index (χ3v) is 13.1. The quantitative estimate of drug-likeness (QED) is 0.0363.